The molecule has 0 rings (SSSR count). The van der Waals surface area contributed by atoms with Crippen molar-refractivity contribution in [2.45, 2.75) is 194 Å². The molecule has 0 fully saturated rings. The number of rotatable bonds is 40. The van der Waals surface area contributed by atoms with Gasteiger partial charge >= 0.3 is 17.9 Å². The largest absolute Gasteiger partial charge is 0.462 e. The number of hydrogen-bond donors (Lipinski definition) is 0. The summed E-state index contributed by atoms with van der Waals surface area (Å²) in [4.78, 5) is 37.7. The Kier molecular flexibility index (Phi) is 43.6. The summed E-state index contributed by atoms with van der Waals surface area (Å²) in [6, 6.07) is 0. The van der Waals surface area contributed by atoms with Crippen LogP contribution in [0.1, 0.15) is 188 Å². The van der Waals surface area contributed by atoms with Gasteiger partial charge in [-0.15, -0.1) is 0 Å². The highest BCUT2D eigenvalue weighted by molar-refractivity contribution is 5.71. The molecule has 0 saturated heterocycles. The highest BCUT2D eigenvalue weighted by Gasteiger charge is 2.19. The Morgan fingerprint density at radius 3 is 1.20 bits per heavy atom. The van der Waals surface area contributed by atoms with Crippen molar-refractivity contribution in [3.05, 3.63) is 109 Å². The Balaban J connectivity index is 4.45. The predicted molar refractivity (Wildman–Crippen MR) is 251 cm³/mol. The molecule has 0 N–H and O–H groups in total. The Morgan fingerprint density at radius 2 is 0.729 bits per heavy atom. The molecule has 0 aromatic rings. The van der Waals surface area contributed by atoms with Gasteiger partial charge in [-0.2, -0.15) is 0 Å². The van der Waals surface area contributed by atoms with E-state index in [-0.39, 0.29) is 37.5 Å². The average Bonchev–Trinajstić information content (AvgIpc) is 3.23. The molecule has 0 aliphatic heterocycles. The van der Waals surface area contributed by atoms with Crippen LogP contribution in [0, 0.1) is 0 Å². The maximum atomic E-state index is 12.7. The van der Waals surface area contributed by atoms with Crippen molar-refractivity contribution in [3.63, 3.8) is 0 Å². The Labute approximate surface area is 361 Å². The smallest absolute Gasteiger partial charge is 0.306 e. The van der Waals surface area contributed by atoms with E-state index in [0.717, 1.165) is 116 Å². The first-order valence-corrected chi connectivity index (χ1v) is 23.4. The zero-order valence-corrected chi connectivity index (χ0v) is 37.7. The third-order valence-electron chi connectivity index (χ3n) is 9.27. The fraction of sp³-hybridized carbons (Fsp3) is 0.604. The van der Waals surface area contributed by atoms with E-state index in [1.54, 1.807) is 0 Å². The molecule has 0 amide bonds. The van der Waals surface area contributed by atoms with E-state index in [1.807, 2.05) is 0 Å². The average molecular weight is 817 g/mol. The minimum Gasteiger partial charge on any atom is -0.462 e. The van der Waals surface area contributed by atoms with Crippen LogP contribution in [0.2, 0.25) is 0 Å². The number of esters is 3. The van der Waals surface area contributed by atoms with Crippen molar-refractivity contribution in [2.24, 2.45) is 0 Å². The second-order valence-corrected chi connectivity index (χ2v) is 14.9. The summed E-state index contributed by atoms with van der Waals surface area (Å²) in [5.74, 6) is -1.03. The van der Waals surface area contributed by atoms with E-state index in [0.29, 0.717) is 19.3 Å². The van der Waals surface area contributed by atoms with Crippen LogP contribution in [0.15, 0.2) is 109 Å². The van der Waals surface area contributed by atoms with E-state index in [2.05, 4.69) is 130 Å². The van der Waals surface area contributed by atoms with Crippen molar-refractivity contribution in [2.75, 3.05) is 13.2 Å². The van der Waals surface area contributed by atoms with Crippen LogP contribution in [0.5, 0.6) is 0 Å². The van der Waals surface area contributed by atoms with Crippen LogP contribution in [0.25, 0.3) is 0 Å². The maximum Gasteiger partial charge on any atom is 0.306 e. The third-order valence-corrected chi connectivity index (χ3v) is 9.27. The lowest BCUT2D eigenvalue weighted by Crippen LogP contribution is -2.30. The van der Waals surface area contributed by atoms with Gasteiger partial charge in [0.1, 0.15) is 13.2 Å². The molecule has 0 aliphatic rings. The monoisotopic (exact) mass is 817 g/mol. The summed E-state index contributed by atoms with van der Waals surface area (Å²) in [5.41, 5.74) is 0. The minimum atomic E-state index is -0.821. The van der Waals surface area contributed by atoms with Gasteiger partial charge in [0.2, 0.25) is 0 Å². The second-order valence-electron chi connectivity index (χ2n) is 14.9. The molecule has 0 spiro atoms. The lowest BCUT2D eigenvalue weighted by atomic mass is 10.1. The van der Waals surface area contributed by atoms with Crippen molar-refractivity contribution in [3.8, 4) is 0 Å². The molecule has 332 valence electrons. The van der Waals surface area contributed by atoms with Crippen LogP contribution in [0.4, 0.5) is 0 Å². The molecule has 1 unspecified atom stereocenters. The zero-order chi connectivity index (χ0) is 43.0. The van der Waals surface area contributed by atoms with Crippen LogP contribution < -0.4 is 0 Å². The van der Waals surface area contributed by atoms with E-state index >= 15 is 0 Å². The normalized spacial score (nSPS) is 13.1. The molecule has 0 aliphatic carbocycles. The molecule has 0 heterocycles. The van der Waals surface area contributed by atoms with Crippen LogP contribution in [-0.4, -0.2) is 37.2 Å². The van der Waals surface area contributed by atoms with Gasteiger partial charge < -0.3 is 14.2 Å². The number of carbonyl (C=O) groups is 3. The lowest BCUT2D eigenvalue weighted by Gasteiger charge is -2.18. The third kappa shape index (κ3) is 45.0. The zero-order valence-electron chi connectivity index (χ0n) is 37.7. The number of ether oxygens (including phenoxy) is 3. The summed E-state index contributed by atoms with van der Waals surface area (Å²) in [5, 5.41) is 0. The molecule has 6 nitrogen and oxygen atoms in total. The number of allylic oxidation sites excluding steroid dienone is 18. The van der Waals surface area contributed by atoms with E-state index in [9.17, 15) is 14.4 Å². The topological polar surface area (TPSA) is 78.9 Å². The van der Waals surface area contributed by atoms with Crippen molar-refractivity contribution >= 4 is 17.9 Å². The fourth-order valence-corrected chi connectivity index (χ4v) is 5.78. The van der Waals surface area contributed by atoms with Gasteiger partial charge in [-0.25, -0.2) is 0 Å². The first-order valence-electron chi connectivity index (χ1n) is 23.4. The molecule has 0 radical (unpaired) electrons. The molecular weight excluding hydrogens is 733 g/mol. The Bertz CT molecular complexity index is 1260. The summed E-state index contributed by atoms with van der Waals surface area (Å²) in [6.07, 6.45) is 62.3. The fourth-order valence-electron chi connectivity index (χ4n) is 5.78. The first-order chi connectivity index (χ1) is 29.0. The molecule has 6 heteroatoms. The van der Waals surface area contributed by atoms with Crippen LogP contribution in [-0.2, 0) is 28.6 Å². The van der Waals surface area contributed by atoms with Gasteiger partial charge in [0.15, 0.2) is 6.10 Å². The van der Waals surface area contributed by atoms with Crippen molar-refractivity contribution in [1.82, 2.24) is 0 Å². The molecule has 1 atom stereocenters. The molecular formula is C53H84O6. The van der Waals surface area contributed by atoms with Gasteiger partial charge in [0.25, 0.3) is 0 Å². The predicted octanol–water partition coefficient (Wildman–Crippen LogP) is 15.2. The van der Waals surface area contributed by atoms with Gasteiger partial charge in [-0.3, -0.25) is 14.4 Å². The number of hydrogen-bond acceptors (Lipinski definition) is 6. The van der Waals surface area contributed by atoms with Gasteiger partial charge in [-0.1, -0.05) is 175 Å². The van der Waals surface area contributed by atoms with E-state index < -0.39 is 6.10 Å². The SMILES string of the molecule is CC/C=C\C/C=C\C/C=C\C/C=C\CCCCCCCCC(=O)OCC(COC(=O)CCCCC/C=C\C=C/CCCC)OC(=O)CCC/C=C\C/C=C\C/C=C\CC. The van der Waals surface area contributed by atoms with E-state index in [4.69, 9.17) is 14.2 Å². The maximum absolute atomic E-state index is 12.7. The summed E-state index contributed by atoms with van der Waals surface area (Å²) in [6.45, 7) is 6.24. The van der Waals surface area contributed by atoms with Crippen molar-refractivity contribution < 1.29 is 28.6 Å². The number of unbranched alkanes of at least 4 members (excludes halogenated alkanes) is 12. The molecule has 0 bridgehead atoms. The highest BCUT2D eigenvalue weighted by Crippen LogP contribution is 2.12. The molecule has 0 aromatic heterocycles. The second kappa shape index (κ2) is 46.8. The summed E-state index contributed by atoms with van der Waals surface area (Å²) in [7, 11) is 0. The first kappa shape index (κ1) is 55.1. The lowest BCUT2D eigenvalue weighted by molar-refractivity contribution is -0.167. The molecule has 59 heavy (non-hydrogen) atoms. The van der Waals surface area contributed by atoms with Gasteiger partial charge in [0, 0.05) is 19.3 Å². The van der Waals surface area contributed by atoms with Gasteiger partial charge in [0.05, 0.1) is 0 Å². The highest BCUT2D eigenvalue weighted by atomic mass is 16.6. The Morgan fingerprint density at radius 1 is 0.373 bits per heavy atom. The summed E-state index contributed by atoms with van der Waals surface area (Å²) < 4.78 is 16.6. The van der Waals surface area contributed by atoms with E-state index in [1.165, 1.54) is 25.7 Å². The minimum absolute atomic E-state index is 0.117. The number of carbonyl (C=O) groups excluding carboxylic acids is 3. The Hall–Kier alpha value is -3.93. The molecule has 0 saturated carbocycles. The quantitative estimate of drug-likeness (QED) is 0.0201. The van der Waals surface area contributed by atoms with Gasteiger partial charge in [-0.05, 0) is 103 Å². The summed E-state index contributed by atoms with van der Waals surface area (Å²) >= 11 is 0. The standard InChI is InChI=1S/C53H84O6/c1-4-7-10-13-16-19-22-23-24-25-26-27-28-29-32-34-37-40-43-46-52(55)58-49-50(59-53(56)47-44-41-38-35-31-21-18-15-12-9-6-3)48-57-51(54)45-42-39-36-33-30-20-17-14-11-8-5-2/h7,9-10,12,14,16-21,23-24,26-27,30,35,38,50H,4-6,8,11,13,15,22,25,28-29,31-34,36-37,39-49H2,1-3H3/b10-7-,12-9-,17-14-,19-16-,21-18-,24-23-,27-26-,30-20-,38-35-. The van der Waals surface area contributed by atoms with Crippen LogP contribution >= 0.6 is 0 Å². The molecule has 0 aromatic carbocycles. The van der Waals surface area contributed by atoms with Crippen molar-refractivity contribution in [1.29, 1.82) is 0 Å². The van der Waals surface area contributed by atoms with Crippen LogP contribution in [0.3, 0.4) is 0 Å².